The van der Waals surface area contributed by atoms with Crippen molar-refractivity contribution < 1.29 is 9.52 Å². The van der Waals surface area contributed by atoms with Gasteiger partial charge in [0, 0.05) is 4.47 Å². The number of aliphatic hydroxyl groups excluding tert-OH is 1. The lowest BCUT2D eigenvalue weighted by Gasteiger charge is -2.10. The summed E-state index contributed by atoms with van der Waals surface area (Å²) in [6.45, 7) is 1.98. The van der Waals surface area contributed by atoms with Crippen molar-refractivity contribution in [3.63, 3.8) is 0 Å². The molecule has 1 unspecified atom stereocenters. The summed E-state index contributed by atoms with van der Waals surface area (Å²) in [7, 11) is 0. The summed E-state index contributed by atoms with van der Waals surface area (Å²) in [6, 6.07) is 7.58. The van der Waals surface area contributed by atoms with Crippen molar-refractivity contribution in [3.8, 4) is 0 Å². The number of furan rings is 1. The highest BCUT2D eigenvalue weighted by Crippen LogP contribution is 2.31. The van der Waals surface area contributed by atoms with Crippen molar-refractivity contribution in [2.45, 2.75) is 13.0 Å². The van der Waals surface area contributed by atoms with Gasteiger partial charge in [0.25, 0.3) is 0 Å². The zero-order valence-electron chi connectivity index (χ0n) is 8.58. The summed E-state index contributed by atoms with van der Waals surface area (Å²) in [5.41, 5.74) is 1.90. The van der Waals surface area contributed by atoms with Crippen molar-refractivity contribution in [2.75, 3.05) is 0 Å². The second-order valence-electron chi connectivity index (χ2n) is 3.60. The molecule has 2 nitrogen and oxygen atoms in total. The van der Waals surface area contributed by atoms with E-state index in [2.05, 4.69) is 31.9 Å². The fourth-order valence-electron chi connectivity index (χ4n) is 1.57. The van der Waals surface area contributed by atoms with Crippen molar-refractivity contribution in [2.24, 2.45) is 0 Å². The molecule has 0 fully saturated rings. The van der Waals surface area contributed by atoms with Gasteiger partial charge in [-0.2, -0.15) is 0 Å². The highest BCUT2D eigenvalue weighted by Gasteiger charge is 2.17. The van der Waals surface area contributed by atoms with E-state index in [4.69, 9.17) is 4.42 Å². The van der Waals surface area contributed by atoms with Gasteiger partial charge in [-0.25, -0.2) is 0 Å². The fraction of sp³-hybridized carbons (Fsp3) is 0.167. The molecule has 2 aromatic rings. The molecule has 2 rings (SSSR count). The first-order valence-electron chi connectivity index (χ1n) is 4.76. The molecule has 1 aromatic heterocycles. The van der Waals surface area contributed by atoms with E-state index >= 15 is 0 Å². The van der Waals surface area contributed by atoms with E-state index in [1.807, 2.05) is 25.1 Å². The van der Waals surface area contributed by atoms with Crippen LogP contribution >= 0.6 is 31.9 Å². The van der Waals surface area contributed by atoms with Gasteiger partial charge in [0.1, 0.15) is 6.10 Å². The smallest absolute Gasteiger partial charge is 0.150 e. The summed E-state index contributed by atoms with van der Waals surface area (Å²) in [5, 5.41) is 10.2. The number of benzene rings is 1. The van der Waals surface area contributed by atoms with Gasteiger partial charge in [-0.05, 0) is 52.2 Å². The Bertz CT molecular complexity index is 485. The van der Waals surface area contributed by atoms with E-state index in [-0.39, 0.29) is 0 Å². The molecule has 16 heavy (non-hydrogen) atoms. The van der Waals surface area contributed by atoms with Gasteiger partial charge in [0.15, 0.2) is 5.76 Å². The van der Waals surface area contributed by atoms with Crippen LogP contribution in [0, 0.1) is 6.92 Å². The van der Waals surface area contributed by atoms with E-state index in [1.165, 1.54) is 0 Å². The van der Waals surface area contributed by atoms with Gasteiger partial charge < -0.3 is 9.52 Å². The van der Waals surface area contributed by atoms with E-state index in [0.717, 1.165) is 20.1 Å². The molecule has 0 bridgehead atoms. The van der Waals surface area contributed by atoms with Crippen LogP contribution in [0.5, 0.6) is 0 Å². The molecule has 0 saturated carbocycles. The summed E-state index contributed by atoms with van der Waals surface area (Å²) >= 11 is 6.75. The van der Waals surface area contributed by atoms with Gasteiger partial charge in [-0.1, -0.05) is 22.0 Å². The van der Waals surface area contributed by atoms with E-state index < -0.39 is 6.10 Å². The zero-order valence-corrected chi connectivity index (χ0v) is 11.7. The molecule has 0 amide bonds. The molecule has 1 heterocycles. The third kappa shape index (κ3) is 2.39. The maximum atomic E-state index is 10.2. The lowest BCUT2D eigenvalue weighted by Crippen LogP contribution is -1.99. The molecule has 0 aliphatic heterocycles. The number of halogens is 2. The molecule has 1 N–H and O–H groups in total. The molecule has 0 radical (unpaired) electrons. The van der Waals surface area contributed by atoms with E-state index in [1.54, 1.807) is 12.3 Å². The Morgan fingerprint density at radius 1 is 1.25 bits per heavy atom. The maximum absolute atomic E-state index is 10.2. The molecule has 1 aromatic carbocycles. The second kappa shape index (κ2) is 4.73. The van der Waals surface area contributed by atoms with E-state index in [9.17, 15) is 5.11 Å². The average Bonchev–Trinajstić information content (AvgIpc) is 2.62. The standard InChI is InChI=1S/C12H10Br2O2/c1-7-4-8(6-9(13)5-7)11(15)12-10(14)2-3-16-12/h2-6,11,15H,1H3. The molecule has 4 heteroatoms. The molecule has 0 spiro atoms. The molecule has 1 atom stereocenters. The molecular weight excluding hydrogens is 336 g/mol. The highest BCUT2D eigenvalue weighted by molar-refractivity contribution is 9.10. The highest BCUT2D eigenvalue weighted by atomic mass is 79.9. The first kappa shape index (κ1) is 11.9. The van der Waals surface area contributed by atoms with Crippen LogP contribution in [0.3, 0.4) is 0 Å². The van der Waals surface area contributed by atoms with E-state index in [0.29, 0.717) is 5.76 Å². The van der Waals surface area contributed by atoms with Crippen LogP contribution in [-0.2, 0) is 0 Å². The van der Waals surface area contributed by atoms with Gasteiger partial charge in [0.05, 0.1) is 10.7 Å². The Labute approximate surface area is 111 Å². The first-order valence-corrected chi connectivity index (χ1v) is 6.34. The molecule has 0 saturated heterocycles. The van der Waals surface area contributed by atoms with Gasteiger partial charge in [0.2, 0.25) is 0 Å². The summed E-state index contributed by atoms with van der Waals surface area (Å²) in [5.74, 6) is 0.525. The van der Waals surface area contributed by atoms with Gasteiger partial charge in [-0.3, -0.25) is 0 Å². The topological polar surface area (TPSA) is 33.4 Å². The zero-order chi connectivity index (χ0) is 11.7. The molecule has 84 valence electrons. The Morgan fingerprint density at radius 3 is 2.56 bits per heavy atom. The van der Waals surface area contributed by atoms with Crippen LogP contribution in [0.25, 0.3) is 0 Å². The van der Waals surface area contributed by atoms with Crippen molar-refractivity contribution in [1.82, 2.24) is 0 Å². The maximum Gasteiger partial charge on any atom is 0.150 e. The number of hydrogen-bond donors (Lipinski definition) is 1. The van der Waals surface area contributed by atoms with Crippen molar-refractivity contribution in [3.05, 3.63) is 56.4 Å². The quantitative estimate of drug-likeness (QED) is 0.885. The summed E-state index contributed by atoms with van der Waals surface area (Å²) < 4.78 is 6.97. The third-order valence-corrected chi connectivity index (χ3v) is 3.39. The van der Waals surface area contributed by atoms with Crippen molar-refractivity contribution in [1.29, 1.82) is 0 Å². The minimum Gasteiger partial charge on any atom is -0.465 e. The second-order valence-corrected chi connectivity index (χ2v) is 5.37. The monoisotopic (exact) mass is 344 g/mol. The number of aryl methyl sites for hydroxylation is 1. The molecular formula is C12H10Br2O2. The minimum atomic E-state index is -0.749. The van der Waals surface area contributed by atoms with Crippen LogP contribution in [-0.4, -0.2) is 5.11 Å². The Kier molecular flexibility index (Phi) is 3.52. The SMILES string of the molecule is Cc1cc(Br)cc(C(O)c2occc2Br)c1. The lowest BCUT2D eigenvalue weighted by atomic mass is 10.1. The van der Waals surface area contributed by atoms with Crippen molar-refractivity contribution >= 4 is 31.9 Å². The predicted molar refractivity (Wildman–Crippen MR) is 69.3 cm³/mol. The average molecular weight is 346 g/mol. The first-order chi connectivity index (χ1) is 7.58. The third-order valence-electron chi connectivity index (χ3n) is 2.27. The van der Waals surface area contributed by atoms with Crippen LogP contribution in [0.2, 0.25) is 0 Å². The predicted octanol–water partition coefficient (Wildman–Crippen LogP) is 4.19. The van der Waals surface area contributed by atoms with Crippen LogP contribution < -0.4 is 0 Å². The fourth-order valence-corrected chi connectivity index (χ4v) is 2.62. The number of hydrogen-bond acceptors (Lipinski definition) is 2. The molecule has 0 aliphatic carbocycles. The normalized spacial score (nSPS) is 12.8. The summed E-state index contributed by atoms with van der Waals surface area (Å²) in [6.07, 6.45) is 0.800. The Balaban J connectivity index is 2.41. The minimum absolute atomic E-state index is 0.525. The van der Waals surface area contributed by atoms with Crippen LogP contribution in [0.15, 0.2) is 43.9 Å². The Hall–Kier alpha value is -0.580. The van der Waals surface area contributed by atoms with Gasteiger partial charge in [-0.15, -0.1) is 0 Å². The largest absolute Gasteiger partial charge is 0.465 e. The number of aliphatic hydroxyl groups is 1. The summed E-state index contributed by atoms with van der Waals surface area (Å²) in [4.78, 5) is 0. The molecule has 0 aliphatic rings. The Morgan fingerprint density at radius 2 is 2.00 bits per heavy atom. The van der Waals surface area contributed by atoms with Gasteiger partial charge >= 0.3 is 0 Å². The van der Waals surface area contributed by atoms with Crippen LogP contribution in [0.4, 0.5) is 0 Å². The number of rotatable bonds is 2. The lowest BCUT2D eigenvalue weighted by molar-refractivity contribution is 0.188. The van der Waals surface area contributed by atoms with Crippen LogP contribution in [0.1, 0.15) is 23.0 Å².